The van der Waals surface area contributed by atoms with Crippen LogP contribution in [-0.2, 0) is 0 Å². The Bertz CT molecular complexity index is 168. The highest BCUT2D eigenvalue weighted by Crippen LogP contribution is 2.22. The van der Waals surface area contributed by atoms with Crippen molar-refractivity contribution in [2.75, 3.05) is 13.6 Å². The van der Waals surface area contributed by atoms with Gasteiger partial charge in [0.25, 0.3) is 0 Å². The average molecular weight is 137 g/mol. The van der Waals surface area contributed by atoms with Crippen LogP contribution in [0.4, 0.5) is 0 Å². The van der Waals surface area contributed by atoms with Crippen LogP contribution in [0.5, 0.6) is 0 Å². The number of hydrogen-bond acceptors (Lipinski definition) is 1. The molecule has 1 heteroatoms. The molecule has 0 unspecified atom stereocenters. The minimum absolute atomic E-state index is 1.07. The smallest absolute Gasteiger partial charge is 0.0209 e. The fraction of sp³-hybridized carbons (Fsp3) is 0.556. The molecule has 56 valence electrons. The van der Waals surface area contributed by atoms with Crippen LogP contribution in [-0.4, -0.2) is 18.5 Å². The van der Waals surface area contributed by atoms with Crippen molar-refractivity contribution in [1.29, 1.82) is 0 Å². The predicted molar refractivity (Wildman–Crippen MR) is 44.8 cm³/mol. The molecule has 1 nitrogen and oxygen atoms in total. The topological polar surface area (TPSA) is 3.24 Å². The fourth-order valence-corrected chi connectivity index (χ4v) is 1.35. The van der Waals surface area contributed by atoms with Gasteiger partial charge in [0.2, 0.25) is 0 Å². The summed E-state index contributed by atoms with van der Waals surface area (Å²) in [6, 6.07) is 0. The van der Waals surface area contributed by atoms with Crippen molar-refractivity contribution >= 4 is 0 Å². The summed E-state index contributed by atoms with van der Waals surface area (Å²) in [6.45, 7) is 7.11. The molecule has 1 aliphatic heterocycles. The summed E-state index contributed by atoms with van der Waals surface area (Å²) in [5.74, 6) is 0. The first-order chi connectivity index (χ1) is 4.75. The van der Waals surface area contributed by atoms with Crippen LogP contribution in [0.1, 0.15) is 19.8 Å². The SMILES string of the molecule is C=CCC1=C(C)N(C)CC1. The molecular formula is C9H15N. The van der Waals surface area contributed by atoms with Crippen LogP contribution in [0.25, 0.3) is 0 Å². The maximum Gasteiger partial charge on any atom is 0.0209 e. The molecule has 0 fully saturated rings. The Morgan fingerprint density at radius 3 is 2.80 bits per heavy atom. The monoisotopic (exact) mass is 137 g/mol. The molecule has 0 aliphatic carbocycles. The van der Waals surface area contributed by atoms with Crippen molar-refractivity contribution < 1.29 is 0 Å². The molecule has 0 saturated carbocycles. The van der Waals surface area contributed by atoms with E-state index in [4.69, 9.17) is 0 Å². The highest BCUT2D eigenvalue weighted by Gasteiger charge is 2.12. The lowest BCUT2D eigenvalue weighted by molar-refractivity contribution is 0.460. The third kappa shape index (κ3) is 1.23. The molecule has 0 amide bonds. The first-order valence-corrected chi connectivity index (χ1v) is 3.76. The van der Waals surface area contributed by atoms with Crippen LogP contribution in [0.2, 0.25) is 0 Å². The van der Waals surface area contributed by atoms with Gasteiger partial charge in [-0.2, -0.15) is 0 Å². The molecular weight excluding hydrogens is 122 g/mol. The van der Waals surface area contributed by atoms with Gasteiger partial charge in [-0.05, 0) is 25.3 Å². The Hall–Kier alpha value is -0.720. The first kappa shape index (κ1) is 7.39. The van der Waals surface area contributed by atoms with E-state index in [1.807, 2.05) is 6.08 Å². The van der Waals surface area contributed by atoms with Crippen molar-refractivity contribution in [3.05, 3.63) is 23.9 Å². The van der Waals surface area contributed by atoms with Crippen LogP contribution in [0.15, 0.2) is 23.9 Å². The van der Waals surface area contributed by atoms with Crippen molar-refractivity contribution in [2.45, 2.75) is 19.8 Å². The van der Waals surface area contributed by atoms with Gasteiger partial charge < -0.3 is 4.90 Å². The van der Waals surface area contributed by atoms with Gasteiger partial charge >= 0.3 is 0 Å². The Balaban J connectivity index is 2.64. The van der Waals surface area contributed by atoms with Crippen molar-refractivity contribution in [3.63, 3.8) is 0 Å². The molecule has 0 aromatic carbocycles. The molecule has 1 aliphatic rings. The van der Waals surface area contributed by atoms with Crippen LogP contribution in [0, 0.1) is 0 Å². The molecule has 0 bridgehead atoms. The van der Waals surface area contributed by atoms with E-state index in [1.54, 1.807) is 5.57 Å². The zero-order valence-corrected chi connectivity index (χ0v) is 6.85. The number of rotatable bonds is 2. The Kier molecular flexibility index (Phi) is 2.15. The second-order valence-electron chi connectivity index (χ2n) is 2.85. The number of hydrogen-bond donors (Lipinski definition) is 0. The van der Waals surface area contributed by atoms with Gasteiger partial charge in [-0.25, -0.2) is 0 Å². The van der Waals surface area contributed by atoms with Gasteiger partial charge in [0, 0.05) is 19.3 Å². The van der Waals surface area contributed by atoms with E-state index in [2.05, 4.69) is 25.5 Å². The molecule has 0 N–H and O–H groups in total. The number of nitrogens with zero attached hydrogens (tertiary/aromatic N) is 1. The molecule has 0 saturated heterocycles. The molecule has 0 atom stereocenters. The Morgan fingerprint density at radius 1 is 1.70 bits per heavy atom. The summed E-state index contributed by atoms with van der Waals surface area (Å²) >= 11 is 0. The van der Waals surface area contributed by atoms with E-state index < -0.39 is 0 Å². The lowest BCUT2D eigenvalue weighted by atomic mass is 10.1. The average Bonchev–Trinajstić information content (AvgIpc) is 2.20. The Morgan fingerprint density at radius 2 is 2.40 bits per heavy atom. The molecule has 1 heterocycles. The van der Waals surface area contributed by atoms with Crippen LogP contribution < -0.4 is 0 Å². The third-order valence-electron chi connectivity index (χ3n) is 2.22. The minimum Gasteiger partial charge on any atom is -0.378 e. The molecule has 0 aromatic rings. The molecule has 0 radical (unpaired) electrons. The standard InChI is InChI=1S/C9H15N/c1-4-5-9-6-7-10(3)8(9)2/h4H,1,5-7H2,2-3H3. The second-order valence-corrected chi connectivity index (χ2v) is 2.85. The van der Waals surface area contributed by atoms with Gasteiger partial charge in [0.15, 0.2) is 0 Å². The number of allylic oxidation sites excluding steroid dienone is 2. The van der Waals surface area contributed by atoms with Crippen molar-refractivity contribution in [2.24, 2.45) is 0 Å². The summed E-state index contributed by atoms with van der Waals surface area (Å²) in [6.07, 6.45) is 4.28. The predicted octanol–water partition coefficient (Wildman–Crippen LogP) is 2.17. The zero-order chi connectivity index (χ0) is 7.56. The summed E-state index contributed by atoms with van der Waals surface area (Å²) in [7, 11) is 2.14. The third-order valence-corrected chi connectivity index (χ3v) is 2.22. The fourth-order valence-electron chi connectivity index (χ4n) is 1.35. The molecule has 1 rings (SSSR count). The largest absolute Gasteiger partial charge is 0.378 e. The highest BCUT2D eigenvalue weighted by molar-refractivity contribution is 5.18. The molecule has 10 heavy (non-hydrogen) atoms. The van der Waals surface area contributed by atoms with E-state index in [1.165, 1.54) is 18.7 Å². The van der Waals surface area contributed by atoms with E-state index in [-0.39, 0.29) is 0 Å². The minimum atomic E-state index is 1.07. The van der Waals surface area contributed by atoms with Gasteiger partial charge in [-0.15, -0.1) is 6.58 Å². The van der Waals surface area contributed by atoms with Gasteiger partial charge in [-0.3, -0.25) is 0 Å². The lowest BCUT2D eigenvalue weighted by Gasteiger charge is -2.11. The van der Waals surface area contributed by atoms with Gasteiger partial charge in [0.1, 0.15) is 0 Å². The quantitative estimate of drug-likeness (QED) is 0.527. The summed E-state index contributed by atoms with van der Waals surface area (Å²) < 4.78 is 0. The van der Waals surface area contributed by atoms with E-state index >= 15 is 0 Å². The van der Waals surface area contributed by atoms with Crippen molar-refractivity contribution in [1.82, 2.24) is 4.90 Å². The zero-order valence-electron chi connectivity index (χ0n) is 6.85. The summed E-state index contributed by atoms with van der Waals surface area (Å²) in [5, 5.41) is 0. The first-order valence-electron chi connectivity index (χ1n) is 3.76. The van der Waals surface area contributed by atoms with E-state index in [0.29, 0.717) is 0 Å². The van der Waals surface area contributed by atoms with Crippen molar-refractivity contribution in [3.8, 4) is 0 Å². The van der Waals surface area contributed by atoms with E-state index in [9.17, 15) is 0 Å². The van der Waals surface area contributed by atoms with Gasteiger partial charge in [0.05, 0.1) is 0 Å². The second kappa shape index (κ2) is 2.91. The molecule has 0 spiro atoms. The summed E-state index contributed by atoms with van der Waals surface area (Å²) in [5.41, 5.74) is 3.00. The summed E-state index contributed by atoms with van der Waals surface area (Å²) in [4.78, 5) is 2.30. The van der Waals surface area contributed by atoms with Gasteiger partial charge in [-0.1, -0.05) is 6.08 Å². The normalized spacial score (nSPS) is 18.4. The maximum absolute atomic E-state index is 3.73. The van der Waals surface area contributed by atoms with Crippen LogP contribution >= 0.6 is 0 Å². The molecule has 0 aromatic heterocycles. The maximum atomic E-state index is 3.73. The lowest BCUT2D eigenvalue weighted by Crippen LogP contribution is -2.10. The highest BCUT2D eigenvalue weighted by atomic mass is 15.1. The van der Waals surface area contributed by atoms with Crippen LogP contribution in [0.3, 0.4) is 0 Å². The Labute approximate surface area is 63.0 Å². The van der Waals surface area contributed by atoms with E-state index in [0.717, 1.165) is 6.42 Å².